The normalized spacial score (nSPS) is 17.5. The Bertz CT molecular complexity index is 956. The number of carbonyl (C=O) groups is 2. The molecular weight excluding hydrogens is 402 g/mol. The van der Waals surface area contributed by atoms with Gasteiger partial charge < -0.3 is 15.0 Å². The number of fused-ring (bicyclic) bond motifs is 1. The molecule has 0 spiro atoms. The fourth-order valence-electron chi connectivity index (χ4n) is 4.23. The number of alkyl halides is 2. The third kappa shape index (κ3) is 4.61. The number of hydrogen-bond acceptors (Lipinski definition) is 3. The Morgan fingerprint density at radius 1 is 1.06 bits per heavy atom. The van der Waals surface area contributed by atoms with Crippen LogP contribution in [0.2, 0.25) is 0 Å². The van der Waals surface area contributed by atoms with E-state index in [2.05, 4.69) is 5.32 Å². The quantitative estimate of drug-likeness (QED) is 0.767. The van der Waals surface area contributed by atoms with E-state index in [-0.39, 0.29) is 29.3 Å². The van der Waals surface area contributed by atoms with Crippen LogP contribution in [0.3, 0.4) is 0 Å². The zero-order chi connectivity index (χ0) is 22.0. The number of rotatable bonds is 5. The minimum absolute atomic E-state index is 0.0223. The smallest absolute Gasteiger partial charge is 0.263 e. The molecule has 0 bridgehead atoms. The standard InChI is InChI=1S/C24H26F2N2O3/c1-15(27-23(29)17-4-2-16(3-5-17)22(25)26)19-6-7-21-20(14-19)8-11-28(21)24(30)18-9-12-31-13-10-18/h2-7,14-15,18,22H,8-13H2,1H3,(H,27,29). The average molecular weight is 428 g/mol. The van der Waals surface area contributed by atoms with Crippen molar-refractivity contribution in [3.8, 4) is 0 Å². The maximum absolute atomic E-state index is 12.9. The summed E-state index contributed by atoms with van der Waals surface area (Å²) in [6, 6.07) is 11.0. The summed E-state index contributed by atoms with van der Waals surface area (Å²) in [5.41, 5.74) is 3.21. The third-order valence-electron chi connectivity index (χ3n) is 6.11. The van der Waals surface area contributed by atoms with Gasteiger partial charge in [0.2, 0.25) is 5.91 Å². The SMILES string of the molecule is CC(NC(=O)c1ccc(C(F)F)cc1)c1ccc2c(c1)CCN2C(=O)C1CCOCC1. The predicted octanol–water partition coefficient (Wildman–Crippen LogP) is 4.43. The molecule has 0 radical (unpaired) electrons. The lowest BCUT2D eigenvalue weighted by atomic mass is 9.98. The molecule has 2 aromatic rings. The van der Waals surface area contributed by atoms with Gasteiger partial charge in [-0.2, -0.15) is 0 Å². The molecule has 5 nitrogen and oxygen atoms in total. The van der Waals surface area contributed by atoms with Crippen LogP contribution in [0.15, 0.2) is 42.5 Å². The van der Waals surface area contributed by atoms with E-state index in [1.807, 2.05) is 30.0 Å². The molecule has 1 unspecified atom stereocenters. The summed E-state index contributed by atoms with van der Waals surface area (Å²) >= 11 is 0. The van der Waals surface area contributed by atoms with Gasteiger partial charge in [0.05, 0.1) is 6.04 Å². The Hall–Kier alpha value is -2.80. The molecule has 0 saturated carbocycles. The van der Waals surface area contributed by atoms with Crippen molar-refractivity contribution >= 4 is 17.5 Å². The number of ether oxygens (including phenoxy) is 1. The van der Waals surface area contributed by atoms with Crippen molar-refractivity contribution in [2.24, 2.45) is 5.92 Å². The van der Waals surface area contributed by atoms with Crippen LogP contribution >= 0.6 is 0 Å². The van der Waals surface area contributed by atoms with Crippen molar-refractivity contribution in [3.63, 3.8) is 0 Å². The van der Waals surface area contributed by atoms with Gasteiger partial charge in [0.25, 0.3) is 12.3 Å². The molecule has 7 heteroatoms. The van der Waals surface area contributed by atoms with Crippen LogP contribution in [-0.4, -0.2) is 31.6 Å². The van der Waals surface area contributed by atoms with E-state index in [1.54, 1.807) is 0 Å². The Kier molecular flexibility index (Phi) is 6.32. The van der Waals surface area contributed by atoms with E-state index in [0.717, 1.165) is 36.1 Å². The summed E-state index contributed by atoms with van der Waals surface area (Å²) in [5, 5.41) is 2.92. The number of nitrogens with zero attached hydrogens (tertiary/aromatic N) is 1. The first kappa shape index (κ1) is 21.4. The van der Waals surface area contributed by atoms with Gasteiger partial charge in [0.15, 0.2) is 0 Å². The number of halogens is 2. The molecule has 4 rings (SSSR count). The zero-order valence-corrected chi connectivity index (χ0v) is 17.4. The largest absolute Gasteiger partial charge is 0.381 e. The van der Waals surface area contributed by atoms with Crippen LogP contribution in [0.4, 0.5) is 14.5 Å². The monoisotopic (exact) mass is 428 g/mol. The molecule has 31 heavy (non-hydrogen) atoms. The molecule has 2 aromatic carbocycles. The zero-order valence-electron chi connectivity index (χ0n) is 17.4. The van der Waals surface area contributed by atoms with Gasteiger partial charge in [-0.05, 0) is 55.5 Å². The van der Waals surface area contributed by atoms with Crippen molar-refractivity contribution in [3.05, 3.63) is 64.7 Å². The number of benzene rings is 2. The predicted molar refractivity (Wildman–Crippen MR) is 113 cm³/mol. The summed E-state index contributed by atoms with van der Waals surface area (Å²) in [4.78, 5) is 27.3. The lowest BCUT2D eigenvalue weighted by Crippen LogP contribution is -2.37. The van der Waals surface area contributed by atoms with Gasteiger partial charge >= 0.3 is 0 Å². The first-order valence-electron chi connectivity index (χ1n) is 10.6. The van der Waals surface area contributed by atoms with Gasteiger partial charge in [-0.3, -0.25) is 9.59 Å². The fraction of sp³-hybridized carbons (Fsp3) is 0.417. The fourth-order valence-corrected chi connectivity index (χ4v) is 4.23. The van der Waals surface area contributed by atoms with Crippen LogP contribution in [0.25, 0.3) is 0 Å². The topological polar surface area (TPSA) is 58.6 Å². The number of nitrogens with one attached hydrogen (secondary N) is 1. The average Bonchev–Trinajstić information content (AvgIpc) is 3.22. The van der Waals surface area contributed by atoms with Crippen LogP contribution < -0.4 is 10.2 Å². The van der Waals surface area contributed by atoms with Crippen molar-refractivity contribution in [1.82, 2.24) is 5.32 Å². The molecule has 1 atom stereocenters. The Morgan fingerprint density at radius 2 is 1.74 bits per heavy atom. The number of carbonyl (C=O) groups excluding carboxylic acids is 2. The summed E-state index contributed by atoms with van der Waals surface area (Å²) in [6.45, 7) is 3.83. The van der Waals surface area contributed by atoms with E-state index >= 15 is 0 Å². The van der Waals surface area contributed by atoms with E-state index < -0.39 is 6.43 Å². The summed E-state index contributed by atoms with van der Waals surface area (Å²) in [5.74, 6) is -0.123. The second-order valence-electron chi connectivity index (χ2n) is 8.13. The maximum Gasteiger partial charge on any atom is 0.263 e. The number of anilines is 1. The second-order valence-corrected chi connectivity index (χ2v) is 8.13. The molecule has 1 saturated heterocycles. The Balaban J connectivity index is 1.42. The van der Waals surface area contributed by atoms with Gasteiger partial charge in [0.1, 0.15) is 0 Å². The molecule has 164 valence electrons. The van der Waals surface area contributed by atoms with E-state index in [1.165, 1.54) is 24.3 Å². The van der Waals surface area contributed by atoms with Gasteiger partial charge in [0, 0.05) is 42.5 Å². The Morgan fingerprint density at radius 3 is 2.42 bits per heavy atom. The lowest BCUT2D eigenvalue weighted by Gasteiger charge is -2.27. The first-order chi connectivity index (χ1) is 14.9. The number of amides is 2. The lowest BCUT2D eigenvalue weighted by molar-refractivity contribution is -0.125. The maximum atomic E-state index is 12.9. The van der Waals surface area contributed by atoms with Crippen LogP contribution in [0.1, 0.15) is 59.3 Å². The molecule has 2 aliphatic heterocycles. The minimum atomic E-state index is -2.56. The summed E-state index contributed by atoms with van der Waals surface area (Å²) < 4.78 is 30.8. The highest BCUT2D eigenvalue weighted by molar-refractivity contribution is 5.97. The van der Waals surface area contributed by atoms with Gasteiger partial charge in [-0.15, -0.1) is 0 Å². The van der Waals surface area contributed by atoms with Crippen molar-refractivity contribution in [2.45, 2.75) is 38.7 Å². The van der Waals surface area contributed by atoms with Crippen molar-refractivity contribution < 1.29 is 23.1 Å². The second kappa shape index (κ2) is 9.14. The van der Waals surface area contributed by atoms with Crippen molar-refractivity contribution in [2.75, 3.05) is 24.7 Å². The van der Waals surface area contributed by atoms with Crippen LogP contribution in [0.5, 0.6) is 0 Å². The molecule has 2 amide bonds. The highest BCUT2D eigenvalue weighted by atomic mass is 19.3. The highest BCUT2D eigenvalue weighted by Crippen LogP contribution is 2.33. The van der Waals surface area contributed by atoms with Crippen molar-refractivity contribution in [1.29, 1.82) is 0 Å². The molecule has 0 aromatic heterocycles. The summed E-state index contributed by atoms with van der Waals surface area (Å²) in [6.07, 6.45) is -0.234. The molecule has 1 fully saturated rings. The van der Waals surface area contributed by atoms with Crippen LogP contribution in [-0.2, 0) is 16.0 Å². The summed E-state index contributed by atoms with van der Waals surface area (Å²) in [7, 11) is 0. The van der Waals surface area contributed by atoms with Gasteiger partial charge in [-0.25, -0.2) is 8.78 Å². The van der Waals surface area contributed by atoms with E-state index in [0.29, 0.717) is 25.3 Å². The molecular formula is C24H26F2N2O3. The number of hydrogen-bond donors (Lipinski definition) is 1. The molecule has 1 N–H and O–H groups in total. The third-order valence-corrected chi connectivity index (χ3v) is 6.11. The molecule has 0 aliphatic carbocycles. The Labute approximate surface area is 180 Å². The van der Waals surface area contributed by atoms with E-state index in [4.69, 9.17) is 4.74 Å². The first-order valence-corrected chi connectivity index (χ1v) is 10.6. The minimum Gasteiger partial charge on any atom is -0.381 e. The molecule has 2 aliphatic rings. The van der Waals surface area contributed by atoms with E-state index in [9.17, 15) is 18.4 Å². The van der Waals surface area contributed by atoms with Gasteiger partial charge in [-0.1, -0.05) is 24.3 Å². The molecule has 2 heterocycles. The highest BCUT2D eigenvalue weighted by Gasteiger charge is 2.31. The van der Waals surface area contributed by atoms with Crippen LogP contribution in [0, 0.1) is 5.92 Å².